The predicted molar refractivity (Wildman–Crippen MR) is 120 cm³/mol. The molecule has 0 N–H and O–H groups in total. The van der Waals surface area contributed by atoms with Crippen molar-refractivity contribution in [3.63, 3.8) is 0 Å². The van der Waals surface area contributed by atoms with Crippen molar-refractivity contribution < 1.29 is 17.9 Å². The molecule has 30 heavy (non-hydrogen) atoms. The molecule has 1 amide bonds. The topological polar surface area (TPSA) is 70.2 Å². The zero-order chi connectivity index (χ0) is 21.4. The zero-order valence-electron chi connectivity index (χ0n) is 18.1. The van der Waals surface area contributed by atoms with E-state index in [-0.39, 0.29) is 10.8 Å². The van der Waals surface area contributed by atoms with Crippen LogP contribution in [0.5, 0.6) is 0 Å². The molecule has 0 radical (unpaired) electrons. The van der Waals surface area contributed by atoms with E-state index in [1.807, 2.05) is 4.90 Å². The highest BCUT2D eigenvalue weighted by Gasteiger charge is 2.33. The maximum Gasteiger partial charge on any atom is 0.265 e. The Kier molecular flexibility index (Phi) is 9.13. The predicted octanol–water partition coefficient (Wildman–Crippen LogP) is 2.89. The molecule has 3 rings (SSSR count). The van der Waals surface area contributed by atoms with E-state index in [2.05, 4.69) is 11.8 Å². The maximum atomic E-state index is 13.4. The molecule has 1 aromatic rings. The molecule has 2 saturated heterocycles. The molecule has 2 aliphatic rings. The minimum Gasteiger partial charge on any atom is -0.379 e. The van der Waals surface area contributed by atoms with Gasteiger partial charge in [0, 0.05) is 45.8 Å². The molecular weight excluding hydrogens is 422 g/mol. The lowest BCUT2D eigenvalue weighted by atomic mass is 10.2. The normalized spacial score (nSPS) is 18.7. The number of nitrogens with zero attached hydrogens (tertiary/aromatic N) is 3. The first kappa shape index (κ1) is 23.7. The number of amides is 1. The molecule has 0 atom stereocenters. The number of hydrogen-bond acceptors (Lipinski definition) is 6. The number of morpholine rings is 1. The van der Waals surface area contributed by atoms with Crippen molar-refractivity contribution in [2.45, 2.75) is 50.3 Å². The van der Waals surface area contributed by atoms with Crippen LogP contribution in [0.1, 0.15) is 55.1 Å². The lowest BCUT2D eigenvalue weighted by Crippen LogP contribution is -2.43. The summed E-state index contributed by atoms with van der Waals surface area (Å²) in [6.07, 6.45) is 6.10. The van der Waals surface area contributed by atoms with Gasteiger partial charge in [0.15, 0.2) is 0 Å². The van der Waals surface area contributed by atoms with E-state index in [1.54, 1.807) is 11.4 Å². The Bertz CT molecular complexity index is 769. The number of rotatable bonds is 11. The summed E-state index contributed by atoms with van der Waals surface area (Å²) in [7, 11) is -3.60. The Morgan fingerprint density at radius 1 is 1.10 bits per heavy atom. The molecule has 2 fully saturated rings. The highest BCUT2D eigenvalue weighted by molar-refractivity contribution is 7.89. The van der Waals surface area contributed by atoms with Gasteiger partial charge >= 0.3 is 0 Å². The number of sulfonamides is 1. The second kappa shape index (κ2) is 11.6. The molecule has 7 nitrogen and oxygen atoms in total. The smallest absolute Gasteiger partial charge is 0.265 e. The summed E-state index contributed by atoms with van der Waals surface area (Å²) in [6.45, 7) is 8.56. The third-order valence-corrected chi connectivity index (χ3v) is 8.84. The lowest BCUT2D eigenvalue weighted by molar-refractivity contribution is 0.0324. The minimum atomic E-state index is -3.60. The highest BCUT2D eigenvalue weighted by Crippen LogP contribution is 2.28. The molecule has 0 saturated carbocycles. The summed E-state index contributed by atoms with van der Waals surface area (Å²) in [6, 6.07) is 1.60. The van der Waals surface area contributed by atoms with Gasteiger partial charge in [-0.3, -0.25) is 9.69 Å². The second-order valence-corrected chi connectivity index (χ2v) is 10.9. The number of ether oxygens (including phenoxy) is 1. The molecule has 0 aliphatic carbocycles. The number of carbonyl (C=O) groups excluding carboxylic acids is 1. The molecule has 3 heterocycles. The second-order valence-electron chi connectivity index (χ2n) is 8.03. The van der Waals surface area contributed by atoms with Crippen LogP contribution in [0.4, 0.5) is 0 Å². The Morgan fingerprint density at radius 3 is 2.53 bits per heavy atom. The maximum absolute atomic E-state index is 13.4. The van der Waals surface area contributed by atoms with Gasteiger partial charge in [0.2, 0.25) is 10.0 Å². The molecule has 0 aromatic carbocycles. The van der Waals surface area contributed by atoms with Crippen LogP contribution in [-0.4, -0.2) is 87.5 Å². The monoisotopic (exact) mass is 457 g/mol. The summed E-state index contributed by atoms with van der Waals surface area (Å²) in [4.78, 5) is 18.2. The van der Waals surface area contributed by atoms with Crippen LogP contribution in [0.3, 0.4) is 0 Å². The van der Waals surface area contributed by atoms with Crippen molar-refractivity contribution in [1.29, 1.82) is 0 Å². The third-order valence-electron chi connectivity index (χ3n) is 5.86. The molecule has 2 aliphatic heterocycles. The quantitative estimate of drug-likeness (QED) is 0.478. The highest BCUT2D eigenvalue weighted by atomic mass is 32.2. The fraction of sp³-hybridized carbons (Fsp3) is 0.762. The van der Waals surface area contributed by atoms with Crippen molar-refractivity contribution >= 4 is 27.3 Å². The van der Waals surface area contributed by atoms with Gasteiger partial charge < -0.3 is 9.64 Å². The summed E-state index contributed by atoms with van der Waals surface area (Å²) in [5.41, 5.74) is 0. The van der Waals surface area contributed by atoms with Crippen LogP contribution in [0.2, 0.25) is 0 Å². The van der Waals surface area contributed by atoms with Gasteiger partial charge in [-0.1, -0.05) is 26.2 Å². The number of thiophene rings is 1. The van der Waals surface area contributed by atoms with Crippen LogP contribution < -0.4 is 0 Å². The standard InChI is InChI=1S/C21H35N3O4S2/c1-2-3-4-5-9-23(13-12-22-14-16-28-17-15-22)21(25)20-19(8-18-29-20)30(26,27)24-10-6-7-11-24/h8,18H,2-7,9-17H2,1H3. The van der Waals surface area contributed by atoms with Crippen LogP contribution in [0.25, 0.3) is 0 Å². The summed E-state index contributed by atoms with van der Waals surface area (Å²) < 4.78 is 33.1. The van der Waals surface area contributed by atoms with Crippen LogP contribution in [0.15, 0.2) is 16.3 Å². The van der Waals surface area contributed by atoms with Crippen molar-refractivity contribution in [3.05, 3.63) is 16.3 Å². The van der Waals surface area contributed by atoms with E-state index in [0.29, 0.717) is 31.1 Å². The average Bonchev–Trinajstić information content (AvgIpc) is 3.46. The largest absolute Gasteiger partial charge is 0.379 e. The van der Waals surface area contributed by atoms with Gasteiger partial charge in [-0.25, -0.2) is 8.42 Å². The van der Waals surface area contributed by atoms with Gasteiger partial charge in [-0.15, -0.1) is 11.3 Å². The van der Waals surface area contributed by atoms with E-state index in [1.165, 1.54) is 15.6 Å². The first-order valence-electron chi connectivity index (χ1n) is 11.2. The Hall–Kier alpha value is -1.00. The molecular formula is C21H35N3O4S2. The van der Waals surface area contributed by atoms with Crippen molar-refractivity contribution in [3.8, 4) is 0 Å². The van der Waals surface area contributed by atoms with Gasteiger partial charge in [-0.05, 0) is 30.7 Å². The zero-order valence-corrected chi connectivity index (χ0v) is 19.7. The Labute approximate surface area is 185 Å². The van der Waals surface area contributed by atoms with Crippen LogP contribution >= 0.6 is 11.3 Å². The van der Waals surface area contributed by atoms with E-state index in [9.17, 15) is 13.2 Å². The van der Waals surface area contributed by atoms with Crippen molar-refractivity contribution in [1.82, 2.24) is 14.1 Å². The lowest BCUT2D eigenvalue weighted by Gasteiger charge is -2.30. The van der Waals surface area contributed by atoms with Gasteiger partial charge in [0.05, 0.1) is 13.2 Å². The summed E-state index contributed by atoms with van der Waals surface area (Å²) in [5.74, 6) is -0.146. The van der Waals surface area contributed by atoms with E-state index >= 15 is 0 Å². The van der Waals surface area contributed by atoms with Crippen molar-refractivity contribution in [2.24, 2.45) is 0 Å². The first-order valence-corrected chi connectivity index (χ1v) is 13.5. The summed E-state index contributed by atoms with van der Waals surface area (Å²) >= 11 is 1.25. The molecule has 0 spiro atoms. The Balaban J connectivity index is 1.72. The average molecular weight is 458 g/mol. The SMILES string of the molecule is CCCCCCN(CCN1CCOCC1)C(=O)c1sccc1S(=O)(=O)N1CCCC1. The molecule has 0 bridgehead atoms. The van der Waals surface area contributed by atoms with E-state index in [0.717, 1.165) is 71.4 Å². The minimum absolute atomic E-state index is 0.146. The fourth-order valence-electron chi connectivity index (χ4n) is 4.00. The molecule has 1 aromatic heterocycles. The van der Waals surface area contributed by atoms with Gasteiger partial charge in [0.1, 0.15) is 9.77 Å². The van der Waals surface area contributed by atoms with Gasteiger partial charge in [0.25, 0.3) is 5.91 Å². The Morgan fingerprint density at radius 2 is 1.83 bits per heavy atom. The van der Waals surface area contributed by atoms with E-state index < -0.39 is 10.0 Å². The first-order chi connectivity index (χ1) is 14.5. The third kappa shape index (κ3) is 6.03. The number of carbonyl (C=O) groups is 1. The number of hydrogen-bond donors (Lipinski definition) is 0. The molecule has 0 unspecified atom stereocenters. The van der Waals surface area contributed by atoms with Crippen LogP contribution in [0, 0.1) is 0 Å². The van der Waals surface area contributed by atoms with Crippen LogP contribution in [-0.2, 0) is 14.8 Å². The van der Waals surface area contributed by atoms with Gasteiger partial charge in [-0.2, -0.15) is 4.31 Å². The molecule has 9 heteroatoms. The number of unbranched alkanes of at least 4 members (excludes halogenated alkanes) is 3. The fourth-order valence-corrected chi connectivity index (χ4v) is 6.88. The summed E-state index contributed by atoms with van der Waals surface area (Å²) in [5, 5.41) is 1.73. The molecule has 170 valence electrons. The van der Waals surface area contributed by atoms with E-state index in [4.69, 9.17) is 4.74 Å². The van der Waals surface area contributed by atoms with Crippen molar-refractivity contribution in [2.75, 3.05) is 59.0 Å².